The van der Waals surface area contributed by atoms with Gasteiger partial charge in [0.25, 0.3) is 5.69 Å². The number of hydrogen-bond donors (Lipinski definition) is 2. The highest BCUT2D eigenvalue weighted by Crippen LogP contribution is 2.33. The van der Waals surface area contributed by atoms with E-state index < -0.39 is 4.92 Å². The lowest BCUT2D eigenvalue weighted by atomic mass is 10.1. The van der Waals surface area contributed by atoms with Gasteiger partial charge in [0.05, 0.1) is 44.1 Å². The second kappa shape index (κ2) is 9.34. The monoisotopic (exact) mass is 390 g/mol. The Balaban J connectivity index is 2.12. The Morgan fingerprint density at radius 2 is 1.85 bits per heavy atom. The van der Waals surface area contributed by atoms with Gasteiger partial charge in [0, 0.05) is 11.8 Å². The lowest BCUT2D eigenvalue weighted by molar-refractivity contribution is -0.385. The van der Waals surface area contributed by atoms with Crippen LogP contribution in [0.25, 0.3) is 0 Å². The van der Waals surface area contributed by atoms with Crippen LogP contribution in [-0.4, -0.2) is 37.6 Å². The second-order valence-electron chi connectivity index (χ2n) is 5.08. The summed E-state index contributed by atoms with van der Waals surface area (Å²) >= 11 is 5.15. The fraction of sp³-hybridized carbons (Fsp3) is 0.176. The first-order chi connectivity index (χ1) is 13.0. The van der Waals surface area contributed by atoms with Crippen molar-refractivity contribution in [1.82, 2.24) is 5.43 Å². The third-order valence-electron chi connectivity index (χ3n) is 3.43. The summed E-state index contributed by atoms with van der Waals surface area (Å²) in [6.45, 7) is 0. The van der Waals surface area contributed by atoms with Crippen LogP contribution >= 0.6 is 12.2 Å². The van der Waals surface area contributed by atoms with E-state index in [1.165, 1.54) is 32.6 Å². The number of nitrogens with zero attached hydrogens (tertiary/aromatic N) is 2. The van der Waals surface area contributed by atoms with E-state index in [1.807, 2.05) is 0 Å². The number of thiocarbonyl (C=S) groups is 1. The number of methoxy groups -OCH3 is 3. The zero-order valence-corrected chi connectivity index (χ0v) is 15.7. The Morgan fingerprint density at radius 1 is 1.15 bits per heavy atom. The van der Waals surface area contributed by atoms with E-state index in [2.05, 4.69) is 15.8 Å². The van der Waals surface area contributed by atoms with Crippen LogP contribution in [0.5, 0.6) is 17.2 Å². The van der Waals surface area contributed by atoms with Gasteiger partial charge in [0.15, 0.2) is 16.6 Å². The number of anilines is 1. The van der Waals surface area contributed by atoms with Crippen LogP contribution in [0.15, 0.2) is 41.5 Å². The first-order valence-electron chi connectivity index (χ1n) is 7.63. The number of ether oxygens (including phenoxy) is 3. The maximum atomic E-state index is 11.3. The van der Waals surface area contributed by atoms with Crippen molar-refractivity contribution in [2.45, 2.75) is 0 Å². The first-order valence-corrected chi connectivity index (χ1v) is 8.03. The number of nitrogens with one attached hydrogen (secondary N) is 2. The Kier molecular flexibility index (Phi) is 6.89. The summed E-state index contributed by atoms with van der Waals surface area (Å²) in [5.74, 6) is 1.28. The van der Waals surface area contributed by atoms with E-state index in [0.29, 0.717) is 17.2 Å². The van der Waals surface area contributed by atoms with Crippen LogP contribution in [0.4, 0.5) is 11.4 Å². The van der Waals surface area contributed by atoms with Crippen LogP contribution in [0, 0.1) is 10.1 Å². The van der Waals surface area contributed by atoms with E-state index in [0.717, 1.165) is 0 Å². The average molecular weight is 390 g/mol. The molecule has 2 aromatic rings. The molecule has 0 fully saturated rings. The molecule has 0 unspecified atom stereocenters. The molecule has 0 heterocycles. The molecule has 2 N–H and O–H groups in total. The third-order valence-corrected chi connectivity index (χ3v) is 3.62. The Labute approximate surface area is 161 Å². The van der Waals surface area contributed by atoms with E-state index in [9.17, 15) is 10.1 Å². The van der Waals surface area contributed by atoms with Crippen molar-refractivity contribution in [2.75, 3.05) is 26.6 Å². The predicted octanol–water partition coefficient (Wildman–Crippen LogP) is 2.94. The smallest absolute Gasteiger partial charge is 0.282 e. The van der Waals surface area contributed by atoms with Crippen molar-refractivity contribution >= 4 is 34.9 Å². The van der Waals surface area contributed by atoms with E-state index >= 15 is 0 Å². The summed E-state index contributed by atoms with van der Waals surface area (Å²) in [6, 6.07) is 9.90. The topological polar surface area (TPSA) is 107 Å². The molecule has 2 rings (SSSR count). The van der Waals surface area contributed by atoms with Gasteiger partial charge in [-0.2, -0.15) is 5.10 Å². The Morgan fingerprint density at radius 3 is 2.48 bits per heavy atom. The molecule has 0 amide bonds. The van der Waals surface area contributed by atoms with Crippen LogP contribution < -0.4 is 25.0 Å². The Hall–Kier alpha value is -3.40. The van der Waals surface area contributed by atoms with Crippen molar-refractivity contribution in [2.24, 2.45) is 5.10 Å². The number of nitro benzene ring substituents is 1. The van der Waals surface area contributed by atoms with E-state index in [4.69, 9.17) is 26.4 Å². The van der Waals surface area contributed by atoms with Crippen LogP contribution in [-0.2, 0) is 0 Å². The SMILES string of the molecule is COc1cccc(NC(=S)N/N=C\c2cc(OC)c(OC)cc2[N+](=O)[O-])c1. The summed E-state index contributed by atoms with van der Waals surface area (Å²) in [5, 5.41) is 18.3. The summed E-state index contributed by atoms with van der Waals surface area (Å²) in [7, 11) is 4.41. The van der Waals surface area contributed by atoms with Gasteiger partial charge >= 0.3 is 0 Å². The van der Waals surface area contributed by atoms with Gasteiger partial charge < -0.3 is 19.5 Å². The number of benzene rings is 2. The molecule has 0 saturated heterocycles. The number of hydrogen-bond acceptors (Lipinski definition) is 7. The fourth-order valence-electron chi connectivity index (χ4n) is 2.17. The van der Waals surface area contributed by atoms with Crippen molar-refractivity contribution in [1.29, 1.82) is 0 Å². The molecular weight excluding hydrogens is 372 g/mol. The van der Waals surface area contributed by atoms with Gasteiger partial charge in [0.1, 0.15) is 5.75 Å². The largest absolute Gasteiger partial charge is 0.497 e. The second-order valence-corrected chi connectivity index (χ2v) is 5.49. The molecule has 0 spiro atoms. The molecule has 0 saturated carbocycles. The fourth-order valence-corrected chi connectivity index (χ4v) is 2.34. The van der Waals surface area contributed by atoms with Gasteiger partial charge in [0.2, 0.25) is 0 Å². The number of hydrazone groups is 1. The molecule has 0 aromatic heterocycles. The minimum Gasteiger partial charge on any atom is -0.497 e. The highest BCUT2D eigenvalue weighted by molar-refractivity contribution is 7.80. The summed E-state index contributed by atoms with van der Waals surface area (Å²) in [6.07, 6.45) is 1.28. The minimum absolute atomic E-state index is 0.176. The first kappa shape index (κ1) is 19.9. The van der Waals surface area contributed by atoms with Gasteiger partial charge in [-0.1, -0.05) is 6.07 Å². The summed E-state index contributed by atoms with van der Waals surface area (Å²) < 4.78 is 15.4. The number of rotatable bonds is 7. The maximum Gasteiger partial charge on any atom is 0.282 e. The summed E-state index contributed by atoms with van der Waals surface area (Å²) in [5.41, 5.74) is 3.37. The van der Waals surface area contributed by atoms with Crippen molar-refractivity contribution in [3.8, 4) is 17.2 Å². The molecule has 0 atom stereocenters. The molecule has 0 aliphatic rings. The zero-order valence-electron chi connectivity index (χ0n) is 14.9. The van der Waals surface area contributed by atoms with Gasteiger partial charge in [-0.15, -0.1) is 0 Å². The third kappa shape index (κ3) is 5.28. The van der Waals surface area contributed by atoms with Crippen molar-refractivity contribution < 1.29 is 19.1 Å². The lowest BCUT2D eigenvalue weighted by Gasteiger charge is -2.09. The quantitative estimate of drug-likeness (QED) is 0.322. The van der Waals surface area contributed by atoms with Crippen LogP contribution in [0.2, 0.25) is 0 Å². The van der Waals surface area contributed by atoms with Crippen molar-refractivity contribution in [3.63, 3.8) is 0 Å². The summed E-state index contributed by atoms with van der Waals surface area (Å²) in [4.78, 5) is 10.7. The minimum atomic E-state index is -0.532. The van der Waals surface area contributed by atoms with Crippen LogP contribution in [0.3, 0.4) is 0 Å². The molecular formula is C17H18N4O5S. The predicted molar refractivity (Wildman–Crippen MR) is 106 cm³/mol. The zero-order chi connectivity index (χ0) is 19.8. The van der Waals surface area contributed by atoms with E-state index in [-0.39, 0.29) is 22.1 Å². The highest BCUT2D eigenvalue weighted by Gasteiger charge is 2.18. The normalized spacial score (nSPS) is 10.3. The van der Waals surface area contributed by atoms with E-state index in [1.54, 1.807) is 31.4 Å². The van der Waals surface area contributed by atoms with Gasteiger partial charge in [-0.25, -0.2) is 0 Å². The Bertz CT molecular complexity index is 872. The van der Waals surface area contributed by atoms with Gasteiger partial charge in [-0.05, 0) is 30.4 Å². The molecule has 9 nitrogen and oxygen atoms in total. The standard InChI is InChI=1S/C17H18N4O5S/c1-24-13-6-4-5-12(8-13)19-17(27)20-18-10-11-7-15(25-2)16(26-3)9-14(11)21(22)23/h4-10H,1-3H3,(H2,19,20,27)/b18-10-. The average Bonchev–Trinajstić information content (AvgIpc) is 2.67. The lowest BCUT2D eigenvalue weighted by Crippen LogP contribution is -2.23. The number of nitro groups is 1. The molecule has 0 bridgehead atoms. The molecule has 10 heteroatoms. The molecule has 0 aliphatic carbocycles. The van der Waals surface area contributed by atoms with Crippen molar-refractivity contribution in [3.05, 3.63) is 52.1 Å². The molecule has 0 aliphatic heterocycles. The maximum absolute atomic E-state index is 11.3. The van der Waals surface area contributed by atoms with Gasteiger partial charge in [-0.3, -0.25) is 15.5 Å². The van der Waals surface area contributed by atoms with Crippen LogP contribution in [0.1, 0.15) is 5.56 Å². The molecule has 0 radical (unpaired) electrons. The molecule has 27 heavy (non-hydrogen) atoms. The molecule has 2 aromatic carbocycles. The highest BCUT2D eigenvalue weighted by atomic mass is 32.1. The molecule has 142 valence electrons.